The van der Waals surface area contributed by atoms with Crippen LogP contribution < -0.4 is 5.32 Å². The molecule has 1 heterocycles. The van der Waals surface area contributed by atoms with Gasteiger partial charge in [0.05, 0.1) is 6.54 Å². The fourth-order valence-electron chi connectivity index (χ4n) is 1.49. The molecule has 0 aliphatic carbocycles. The highest BCUT2D eigenvalue weighted by Gasteiger charge is 2.10. The number of nitrogens with one attached hydrogen (secondary N) is 1. The summed E-state index contributed by atoms with van der Waals surface area (Å²) in [7, 11) is 0. The van der Waals surface area contributed by atoms with Crippen LogP contribution in [0.25, 0.3) is 0 Å². The third kappa shape index (κ3) is 3.45. The zero-order valence-corrected chi connectivity index (χ0v) is 11.3. The lowest BCUT2D eigenvalue weighted by atomic mass is 10.2. The number of carboxylic acids is 1. The average Bonchev–Trinajstić information content (AvgIpc) is 2.85. The lowest BCUT2D eigenvalue weighted by molar-refractivity contribution is 0.0660. The Bertz CT molecular complexity index is 621. The van der Waals surface area contributed by atoms with Crippen LogP contribution in [0, 0.1) is 0 Å². The molecule has 0 saturated heterocycles. The van der Waals surface area contributed by atoms with Crippen LogP contribution in [-0.2, 0) is 6.54 Å². The molecule has 0 fully saturated rings. The summed E-state index contributed by atoms with van der Waals surface area (Å²) in [6, 6.07) is 9.83. The van der Waals surface area contributed by atoms with E-state index in [9.17, 15) is 9.59 Å². The van der Waals surface area contributed by atoms with Gasteiger partial charge in [0.2, 0.25) is 5.76 Å². The van der Waals surface area contributed by atoms with E-state index in [1.807, 2.05) is 6.07 Å². The number of carboxylic acid groups (broad SMARTS) is 1. The second-order valence-corrected chi connectivity index (χ2v) is 4.68. The van der Waals surface area contributed by atoms with Gasteiger partial charge in [-0.25, -0.2) is 4.79 Å². The summed E-state index contributed by atoms with van der Waals surface area (Å²) in [5.41, 5.74) is 0.513. The van der Waals surface area contributed by atoms with Gasteiger partial charge in [-0.1, -0.05) is 22.0 Å². The van der Waals surface area contributed by atoms with Gasteiger partial charge in [-0.15, -0.1) is 0 Å². The van der Waals surface area contributed by atoms with Crippen molar-refractivity contribution >= 4 is 27.8 Å². The van der Waals surface area contributed by atoms with E-state index in [1.54, 1.807) is 18.2 Å². The Morgan fingerprint density at radius 2 is 2.05 bits per heavy atom. The zero-order chi connectivity index (χ0) is 13.8. The summed E-state index contributed by atoms with van der Waals surface area (Å²) in [5.74, 6) is -1.15. The van der Waals surface area contributed by atoms with E-state index in [0.717, 1.165) is 4.47 Å². The van der Waals surface area contributed by atoms with E-state index in [-0.39, 0.29) is 18.2 Å². The first-order valence-corrected chi connectivity index (χ1v) is 6.21. The molecule has 1 aromatic carbocycles. The molecule has 6 heteroatoms. The maximum atomic E-state index is 11.8. The maximum Gasteiger partial charge on any atom is 0.371 e. The highest BCUT2D eigenvalue weighted by atomic mass is 79.9. The number of rotatable bonds is 4. The smallest absolute Gasteiger partial charge is 0.371 e. The van der Waals surface area contributed by atoms with Crippen molar-refractivity contribution in [1.82, 2.24) is 5.32 Å². The molecular weight excluding hydrogens is 314 g/mol. The minimum absolute atomic E-state index is 0.138. The van der Waals surface area contributed by atoms with Gasteiger partial charge in [-0.2, -0.15) is 0 Å². The van der Waals surface area contributed by atoms with Crippen molar-refractivity contribution in [2.45, 2.75) is 6.54 Å². The van der Waals surface area contributed by atoms with Gasteiger partial charge in [0.1, 0.15) is 5.76 Å². The predicted molar refractivity (Wildman–Crippen MR) is 71.0 cm³/mol. The molecule has 0 spiro atoms. The number of hydrogen-bond donors (Lipinski definition) is 2. The normalized spacial score (nSPS) is 10.2. The SMILES string of the molecule is O=C(NCc1ccc(C(=O)O)o1)c1cccc(Br)c1. The van der Waals surface area contributed by atoms with Crippen LogP contribution in [0.4, 0.5) is 0 Å². The van der Waals surface area contributed by atoms with Crippen molar-refractivity contribution in [3.8, 4) is 0 Å². The third-order valence-corrected chi connectivity index (χ3v) is 2.88. The number of benzene rings is 1. The number of furan rings is 1. The molecule has 0 unspecified atom stereocenters. The lowest BCUT2D eigenvalue weighted by Crippen LogP contribution is -2.22. The molecule has 19 heavy (non-hydrogen) atoms. The number of amides is 1. The van der Waals surface area contributed by atoms with Crippen molar-refractivity contribution in [1.29, 1.82) is 0 Å². The monoisotopic (exact) mass is 323 g/mol. The van der Waals surface area contributed by atoms with Crippen molar-refractivity contribution in [3.05, 3.63) is 58.0 Å². The Hall–Kier alpha value is -2.08. The van der Waals surface area contributed by atoms with Crippen LogP contribution in [0.15, 0.2) is 45.3 Å². The van der Waals surface area contributed by atoms with Crippen molar-refractivity contribution in [2.24, 2.45) is 0 Å². The van der Waals surface area contributed by atoms with Gasteiger partial charge in [0, 0.05) is 10.0 Å². The molecule has 0 radical (unpaired) electrons. The first-order chi connectivity index (χ1) is 9.06. The lowest BCUT2D eigenvalue weighted by Gasteiger charge is -2.03. The summed E-state index contributed by atoms with van der Waals surface area (Å²) in [4.78, 5) is 22.4. The molecule has 1 amide bonds. The van der Waals surface area contributed by atoms with Crippen molar-refractivity contribution in [2.75, 3.05) is 0 Å². The van der Waals surface area contributed by atoms with E-state index < -0.39 is 5.97 Å². The number of hydrogen-bond acceptors (Lipinski definition) is 3. The average molecular weight is 324 g/mol. The highest BCUT2D eigenvalue weighted by molar-refractivity contribution is 9.10. The van der Waals surface area contributed by atoms with Gasteiger partial charge in [-0.05, 0) is 30.3 Å². The second kappa shape index (κ2) is 5.71. The molecular formula is C13H10BrNO4. The predicted octanol–water partition coefficient (Wildman–Crippen LogP) is 2.67. The number of halogens is 1. The Balaban J connectivity index is 1.98. The molecule has 1 aromatic heterocycles. The minimum atomic E-state index is -1.13. The molecule has 98 valence electrons. The van der Waals surface area contributed by atoms with Crippen LogP contribution in [0.2, 0.25) is 0 Å². The summed E-state index contributed by atoms with van der Waals surface area (Å²) in [5, 5.41) is 11.3. The molecule has 2 rings (SSSR count). The quantitative estimate of drug-likeness (QED) is 0.906. The van der Waals surface area contributed by atoms with Crippen LogP contribution in [0.5, 0.6) is 0 Å². The van der Waals surface area contributed by atoms with Crippen LogP contribution in [0.3, 0.4) is 0 Å². The van der Waals surface area contributed by atoms with Gasteiger partial charge in [-0.3, -0.25) is 4.79 Å². The fourth-order valence-corrected chi connectivity index (χ4v) is 1.89. The van der Waals surface area contributed by atoms with Gasteiger partial charge >= 0.3 is 5.97 Å². The zero-order valence-electron chi connectivity index (χ0n) is 9.72. The Labute approximate surface area is 117 Å². The van der Waals surface area contributed by atoms with Crippen LogP contribution >= 0.6 is 15.9 Å². The largest absolute Gasteiger partial charge is 0.475 e. The van der Waals surface area contributed by atoms with E-state index in [0.29, 0.717) is 11.3 Å². The number of carbonyl (C=O) groups excluding carboxylic acids is 1. The van der Waals surface area contributed by atoms with Crippen molar-refractivity contribution < 1.29 is 19.1 Å². The molecule has 5 nitrogen and oxygen atoms in total. The summed E-state index contributed by atoms with van der Waals surface area (Å²) >= 11 is 3.28. The standard InChI is InChI=1S/C13H10BrNO4/c14-9-3-1-2-8(6-9)12(16)15-7-10-4-5-11(19-10)13(17)18/h1-6H,7H2,(H,15,16)(H,17,18). The van der Waals surface area contributed by atoms with E-state index in [1.165, 1.54) is 12.1 Å². The summed E-state index contributed by atoms with van der Waals surface area (Å²) < 4.78 is 5.84. The molecule has 0 atom stereocenters. The van der Waals surface area contributed by atoms with Gasteiger partial charge in [0.25, 0.3) is 5.91 Å². The van der Waals surface area contributed by atoms with E-state index in [2.05, 4.69) is 21.2 Å². The van der Waals surface area contributed by atoms with E-state index in [4.69, 9.17) is 9.52 Å². The Kier molecular flexibility index (Phi) is 4.01. The van der Waals surface area contributed by atoms with Crippen molar-refractivity contribution in [3.63, 3.8) is 0 Å². The topological polar surface area (TPSA) is 79.5 Å². The van der Waals surface area contributed by atoms with Gasteiger partial charge < -0.3 is 14.8 Å². The fraction of sp³-hybridized carbons (Fsp3) is 0.0769. The Morgan fingerprint density at radius 1 is 1.26 bits per heavy atom. The molecule has 0 saturated carbocycles. The number of carbonyl (C=O) groups is 2. The first-order valence-electron chi connectivity index (χ1n) is 5.42. The molecule has 2 N–H and O–H groups in total. The minimum Gasteiger partial charge on any atom is -0.475 e. The first kappa shape index (κ1) is 13.4. The number of aromatic carboxylic acids is 1. The maximum absolute atomic E-state index is 11.8. The molecule has 2 aromatic rings. The highest BCUT2D eigenvalue weighted by Crippen LogP contribution is 2.12. The molecule has 0 bridgehead atoms. The van der Waals surface area contributed by atoms with Crippen LogP contribution in [-0.4, -0.2) is 17.0 Å². The van der Waals surface area contributed by atoms with Gasteiger partial charge in [0.15, 0.2) is 0 Å². The molecule has 0 aliphatic rings. The Morgan fingerprint density at radius 3 is 2.68 bits per heavy atom. The second-order valence-electron chi connectivity index (χ2n) is 3.76. The third-order valence-electron chi connectivity index (χ3n) is 2.38. The summed E-state index contributed by atoms with van der Waals surface area (Å²) in [6.07, 6.45) is 0. The van der Waals surface area contributed by atoms with E-state index >= 15 is 0 Å². The summed E-state index contributed by atoms with van der Waals surface area (Å²) in [6.45, 7) is 0.138. The molecule has 0 aliphatic heterocycles. The van der Waals surface area contributed by atoms with Crippen LogP contribution in [0.1, 0.15) is 26.7 Å².